The first-order valence-corrected chi connectivity index (χ1v) is 9.57. The smallest absolute Gasteiger partial charge is 0.123 e. The third kappa shape index (κ3) is 3.33. The molecular formula is C26H16F2N2. The third-order valence-corrected chi connectivity index (χ3v) is 5.02. The van der Waals surface area contributed by atoms with Gasteiger partial charge in [-0.15, -0.1) is 0 Å². The number of para-hydroxylation sites is 2. The summed E-state index contributed by atoms with van der Waals surface area (Å²) in [5, 5.41) is 0. The van der Waals surface area contributed by atoms with Gasteiger partial charge in [0.05, 0.1) is 22.8 Å². The Bertz CT molecular complexity index is 1190. The van der Waals surface area contributed by atoms with Gasteiger partial charge in [0.1, 0.15) is 11.6 Å². The molecule has 0 unspecified atom stereocenters. The molecule has 4 aromatic carbocycles. The minimum Gasteiger partial charge on any atom is -0.245 e. The van der Waals surface area contributed by atoms with Gasteiger partial charge in [-0.2, -0.15) is 0 Å². The van der Waals surface area contributed by atoms with Crippen molar-refractivity contribution in [3.8, 4) is 0 Å². The van der Waals surface area contributed by atoms with Gasteiger partial charge in [-0.3, -0.25) is 0 Å². The fraction of sp³-hybridized carbons (Fsp3) is 0. The van der Waals surface area contributed by atoms with Crippen LogP contribution in [0.1, 0.15) is 22.3 Å². The van der Waals surface area contributed by atoms with E-state index in [2.05, 4.69) is 0 Å². The van der Waals surface area contributed by atoms with Crippen LogP contribution in [-0.2, 0) is 0 Å². The van der Waals surface area contributed by atoms with Gasteiger partial charge in [-0.25, -0.2) is 18.8 Å². The van der Waals surface area contributed by atoms with E-state index >= 15 is 0 Å². The van der Waals surface area contributed by atoms with Crippen LogP contribution in [0.25, 0.3) is 0 Å². The van der Waals surface area contributed by atoms with Gasteiger partial charge in [0.25, 0.3) is 0 Å². The molecule has 0 saturated carbocycles. The largest absolute Gasteiger partial charge is 0.245 e. The zero-order valence-corrected chi connectivity index (χ0v) is 15.9. The van der Waals surface area contributed by atoms with E-state index in [9.17, 15) is 8.78 Å². The molecule has 5 rings (SSSR count). The molecular weight excluding hydrogens is 378 g/mol. The summed E-state index contributed by atoms with van der Waals surface area (Å²) in [6.45, 7) is 0. The molecule has 0 aliphatic carbocycles. The highest BCUT2D eigenvalue weighted by Gasteiger charge is 2.20. The fourth-order valence-corrected chi connectivity index (χ4v) is 3.57. The topological polar surface area (TPSA) is 24.7 Å². The number of hydrogen-bond donors (Lipinski definition) is 0. The Morgan fingerprint density at radius 1 is 0.433 bits per heavy atom. The second-order valence-electron chi connectivity index (χ2n) is 6.97. The average Bonchev–Trinajstić information content (AvgIpc) is 2.77. The lowest BCUT2D eigenvalue weighted by Crippen LogP contribution is -2.14. The zero-order chi connectivity index (χ0) is 20.5. The summed E-state index contributed by atoms with van der Waals surface area (Å²) in [6, 6.07) is 28.1. The predicted molar refractivity (Wildman–Crippen MR) is 116 cm³/mol. The number of nitrogens with zero attached hydrogens (tertiary/aromatic N) is 2. The van der Waals surface area contributed by atoms with Crippen LogP contribution in [0.3, 0.4) is 0 Å². The molecule has 4 aromatic rings. The van der Waals surface area contributed by atoms with Crippen LogP contribution in [0.15, 0.2) is 107 Å². The molecule has 0 amide bonds. The second-order valence-corrected chi connectivity index (χ2v) is 6.97. The van der Waals surface area contributed by atoms with E-state index in [0.717, 1.165) is 33.7 Å². The molecule has 0 bridgehead atoms. The van der Waals surface area contributed by atoms with Crippen LogP contribution in [-0.4, -0.2) is 11.4 Å². The highest BCUT2D eigenvalue weighted by atomic mass is 19.1. The molecule has 0 aromatic heterocycles. The van der Waals surface area contributed by atoms with Crippen molar-refractivity contribution in [1.29, 1.82) is 0 Å². The summed E-state index contributed by atoms with van der Waals surface area (Å²) in [7, 11) is 0. The molecule has 1 aliphatic rings. The fourth-order valence-electron chi connectivity index (χ4n) is 3.57. The van der Waals surface area contributed by atoms with Gasteiger partial charge in [0, 0.05) is 22.3 Å². The number of hydrogen-bond acceptors (Lipinski definition) is 2. The maximum absolute atomic E-state index is 13.6. The van der Waals surface area contributed by atoms with Crippen molar-refractivity contribution in [3.05, 3.63) is 131 Å². The monoisotopic (exact) mass is 394 g/mol. The minimum atomic E-state index is -0.299. The quantitative estimate of drug-likeness (QED) is 0.322. The van der Waals surface area contributed by atoms with Crippen molar-refractivity contribution in [2.45, 2.75) is 0 Å². The number of aliphatic imine (C=N–C) groups is 2. The highest BCUT2D eigenvalue weighted by molar-refractivity contribution is 6.25. The van der Waals surface area contributed by atoms with Crippen molar-refractivity contribution >= 4 is 22.8 Å². The first kappa shape index (κ1) is 18.1. The Kier molecular flexibility index (Phi) is 4.52. The molecule has 4 heteroatoms. The first-order valence-electron chi connectivity index (χ1n) is 9.57. The Labute approximate surface area is 172 Å². The molecule has 144 valence electrons. The van der Waals surface area contributed by atoms with Gasteiger partial charge >= 0.3 is 0 Å². The molecule has 0 radical (unpaired) electrons. The van der Waals surface area contributed by atoms with E-state index in [1.54, 1.807) is 24.3 Å². The van der Waals surface area contributed by atoms with Crippen molar-refractivity contribution < 1.29 is 8.78 Å². The van der Waals surface area contributed by atoms with E-state index in [-0.39, 0.29) is 11.6 Å². The van der Waals surface area contributed by atoms with Crippen LogP contribution in [0.5, 0.6) is 0 Å². The number of rotatable bonds is 2. The first-order chi connectivity index (χ1) is 14.7. The van der Waals surface area contributed by atoms with Crippen molar-refractivity contribution in [2.24, 2.45) is 9.98 Å². The molecule has 1 aliphatic heterocycles. The lowest BCUT2D eigenvalue weighted by molar-refractivity contribution is 0.627. The molecule has 1 heterocycles. The second kappa shape index (κ2) is 7.48. The summed E-state index contributed by atoms with van der Waals surface area (Å²) in [6.07, 6.45) is 0. The Morgan fingerprint density at radius 3 is 1.20 bits per heavy atom. The van der Waals surface area contributed by atoms with E-state index in [0.29, 0.717) is 11.4 Å². The number of fused-ring (bicyclic) bond motifs is 2. The van der Waals surface area contributed by atoms with Crippen LogP contribution in [0.2, 0.25) is 0 Å². The third-order valence-electron chi connectivity index (χ3n) is 5.02. The lowest BCUT2D eigenvalue weighted by Gasteiger charge is -2.18. The van der Waals surface area contributed by atoms with E-state index < -0.39 is 0 Å². The summed E-state index contributed by atoms with van der Waals surface area (Å²) in [5.41, 5.74) is 6.25. The molecule has 0 fully saturated rings. The maximum Gasteiger partial charge on any atom is 0.123 e. The maximum atomic E-state index is 13.6. The molecule has 0 saturated heterocycles. The molecule has 30 heavy (non-hydrogen) atoms. The van der Waals surface area contributed by atoms with Gasteiger partial charge in [0.2, 0.25) is 0 Å². The van der Waals surface area contributed by atoms with Crippen molar-refractivity contribution in [2.75, 3.05) is 0 Å². The lowest BCUT2D eigenvalue weighted by atomic mass is 9.91. The minimum absolute atomic E-state index is 0.299. The zero-order valence-electron chi connectivity index (χ0n) is 15.9. The Hall–Kier alpha value is -3.92. The Morgan fingerprint density at radius 2 is 0.800 bits per heavy atom. The summed E-state index contributed by atoms with van der Waals surface area (Å²) >= 11 is 0. The molecule has 0 spiro atoms. The van der Waals surface area contributed by atoms with Crippen LogP contribution in [0, 0.1) is 11.6 Å². The summed E-state index contributed by atoms with van der Waals surface area (Å²) in [4.78, 5) is 9.82. The van der Waals surface area contributed by atoms with E-state index in [1.807, 2.05) is 48.5 Å². The van der Waals surface area contributed by atoms with Gasteiger partial charge in [-0.05, 0) is 60.7 Å². The van der Waals surface area contributed by atoms with Crippen molar-refractivity contribution in [1.82, 2.24) is 0 Å². The van der Waals surface area contributed by atoms with E-state index in [4.69, 9.17) is 9.98 Å². The van der Waals surface area contributed by atoms with Gasteiger partial charge in [0.15, 0.2) is 0 Å². The van der Waals surface area contributed by atoms with Crippen LogP contribution < -0.4 is 0 Å². The summed E-state index contributed by atoms with van der Waals surface area (Å²) in [5.74, 6) is -0.597. The molecule has 0 N–H and O–H groups in total. The molecule has 0 atom stereocenters. The van der Waals surface area contributed by atoms with Gasteiger partial charge < -0.3 is 0 Å². The van der Waals surface area contributed by atoms with Crippen LogP contribution >= 0.6 is 0 Å². The number of benzene rings is 4. The van der Waals surface area contributed by atoms with E-state index in [1.165, 1.54) is 24.3 Å². The average molecular weight is 394 g/mol. The number of halogens is 2. The normalized spacial score (nSPS) is 12.7. The Balaban J connectivity index is 1.82. The van der Waals surface area contributed by atoms with Crippen molar-refractivity contribution in [3.63, 3.8) is 0 Å². The SMILES string of the molecule is Fc1ccc(C2=Nc3ccccc3N=C(c3ccc(F)cc3)c3ccccc32)cc1. The highest BCUT2D eigenvalue weighted by Crippen LogP contribution is 2.34. The summed E-state index contributed by atoms with van der Waals surface area (Å²) < 4.78 is 27.1. The van der Waals surface area contributed by atoms with Crippen LogP contribution in [0.4, 0.5) is 20.2 Å². The standard InChI is InChI=1S/C26H16F2N2/c27-19-13-9-17(10-14-19)25-21-5-1-2-6-22(21)26(18-11-15-20(28)16-12-18)30-24-8-4-3-7-23(24)29-25/h1-16H. The van der Waals surface area contributed by atoms with Gasteiger partial charge in [-0.1, -0.05) is 36.4 Å². The predicted octanol–water partition coefficient (Wildman–Crippen LogP) is 6.62. The molecule has 2 nitrogen and oxygen atoms in total.